The van der Waals surface area contributed by atoms with Gasteiger partial charge in [-0.25, -0.2) is 4.98 Å². The summed E-state index contributed by atoms with van der Waals surface area (Å²) in [6, 6.07) is 9.48. The number of hydrogen-bond acceptors (Lipinski definition) is 3. The highest BCUT2D eigenvalue weighted by molar-refractivity contribution is 5.88. The monoisotopic (exact) mass is 297 g/mol. The molecule has 114 valence electrons. The van der Waals surface area contributed by atoms with Crippen molar-refractivity contribution < 1.29 is 4.79 Å². The van der Waals surface area contributed by atoms with Gasteiger partial charge in [-0.3, -0.25) is 9.89 Å². The van der Waals surface area contributed by atoms with Crippen molar-refractivity contribution >= 4 is 17.2 Å². The molecule has 0 fully saturated rings. The zero-order valence-electron chi connectivity index (χ0n) is 13.1. The van der Waals surface area contributed by atoms with E-state index in [-0.39, 0.29) is 11.3 Å². The summed E-state index contributed by atoms with van der Waals surface area (Å²) in [4.78, 5) is 15.6. The number of aromatic nitrogens is 4. The summed E-state index contributed by atoms with van der Waals surface area (Å²) >= 11 is 0. The van der Waals surface area contributed by atoms with Crippen molar-refractivity contribution in [2.75, 3.05) is 5.32 Å². The Morgan fingerprint density at radius 1 is 1.23 bits per heavy atom. The van der Waals surface area contributed by atoms with Gasteiger partial charge >= 0.3 is 0 Å². The first-order valence-corrected chi connectivity index (χ1v) is 7.17. The lowest BCUT2D eigenvalue weighted by atomic mass is 9.93. The predicted molar refractivity (Wildman–Crippen MR) is 85.8 cm³/mol. The minimum Gasteiger partial charge on any atom is -0.326 e. The van der Waals surface area contributed by atoms with E-state index >= 15 is 0 Å². The molecule has 0 atom stereocenters. The Bertz CT molecular complexity index is 789. The van der Waals surface area contributed by atoms with E-state index < -0.39 is 0 Å². The number of nitrogens with one attached hydrogen (secondary N) is 2. The highest BCUT2D eigenvalue weighted by Crippen LogP contribution is 2.23. The molecule has 3 aromatic rings. The summed E-state index contributed by atoms with van der Waals surface area (Å²) in [5.41, 5.74) is 3.59. The normalized spacial score (nSPS) is 11.8. The second-order valence-corrected chi connectivity index (χ2v) is 6.38. The highest BCUT2D eigenvalue weighted by atomic mass is 16.1. The molecule has 0 saturated carbocycles. The molecular weight excluding hydrogens is 278 g/mol. The van der Waals surface area contributed by atoms with E-state index in [1.54, 1.807) is 4.63 Å². The smallest absolute Gasteiger partial charge is 0.221 e. The van der Waals surface area contributed by atoms with Crippen molar-refractivity contribution in [1.29, 1.82) is 0 Å². The molecule has 0 aliphatic carbocycles. The van der Waals surface area contributed by atoms with Crippen LogP contribution in [0.15, 0.2) is 30.3 Å². The van der Waals surface area contributed by atoms with Crippen molar-refractivity contribution in [3.8, 4) is 11.4 Å². The molecule has 6 heteroatoms. The molecule has 2 aromatic heterocycles. The molecule has 0 aliphatic rings. The molecule has 6 nitrogen and oxygen atoms in total. The standard InChI is InChI=1S/C16H19N5O/c1-10(22)17-12-7-5-11(6-8-12)15-18-14-9-13(16(2,3)4)19-21(14)20-15/h5-9,19H,1-4H3,(H,17,22). The Kier molecular flexibility index (Phi) is 3.24. The van der Waals surface area contributed by atoms with E-state index in [1.807, 2.05) is 30.3 Å². The van der Waals surface area contributed by atoms with Gasteiger partial charge in [0.15, 0.2) is 11.5 Å². The maximum Gasteiger partial charge on any atom is 0.221 e. The Labute approximate surface area is 128 Å². The molecule has 1 aromatic carbocycles. The van der Waals surface area contributed by atoms with Crippen LogP contribution in [0.1, 0.15) is 33.4 Å². The molecule has 1 amide bonds. The molecule has 2 heterocycles. The van der Waals surface area contributed by atoms with Crippen LogP contribution in [0, 0.1) is 0 Å². The molecule has 0 spiro atoms. The van der Waals surface area contributed by atoms with E-state index in [0.29, 0.717) is 5.82 Å². The van der Waals surface area contributed by atoms with E-state index in [2.05, 4.69) is 41.3 Å². The Balaban J connectivity index is 1.90. The van der Waals surface area contributed by atoms with Crippen molar-refractivity contribution in [3.63, 3.8) is 0 Å². The molecule has 0 radical (unpaired) electrons. The number of anilines is 1. The zero-order valence-corrected chi connectivity index (χ0v) is 13.1. The molecule has 3 rings (SSSR count). The van der Waals surface area contributed by atoms with Crippen LogP contribution in [0.25, 0.3) is 17.0 Å². The molecule has 2 N–H and O–H groups in total. The van der Waals surface area contributed by atoms with Gasteiger partial charge in [-0.05, 0) is 24.3 Å². The molecule has 22 heavy (non-hydrogen) atoms. The van der Waals surface area contributed by atoms with Crippen LogP contribution in [0.2, 0.25) is 0 Å². The SMILES string of the molecule is CC(=O)Nc1ccc(-c2nc3cc(C(C)(C)C)[nH]n3n2)cc1. The van der Waals surface area contributed by atoms with Crippen LogP contribution in [-0.4, -0.2) is 25.7 Å². The highest BCUT2D eigenvalue weighted by Gasteiger charge is 2.18. The van der Waals surface area contributed by atoms with Gasteiger partial charge < -0.3 is 5.32 Å². The molecular formula is C16H19N5O. The van der Waals surface area contributed by atoms with Gasteiger partial charge in [-0.15, -0.1) is 5.10 Å². The largest absolute Gasteiger partial charge is 0.326 e. The van der Waals surface area contributed by atoms with Crippen molar-refractivity contribution in [1.82, 2.24) is 19.8 Å². The number of carbonyl (C=O) groups is 1. The fourth-order valence-electron chi connectivity index (χ4n) is 2.19. The van der Waals surface area contributed by atoms with Crippen LogP contribution in [-0.2, 0) is 10.2 Å². The first kappa shape index (κ1) is 14.3. The van der Waals surface area contributed by atoms with Crippen molar-refractivity contribution in [2.45, 2.75) is 33.1 Å². The Morgan fingerprint density at radius 3 is 2.45 bits per heavy atom. The number of H-pyrrole nitrogens is 1. The van der Waals surface area contributed by atoms with E-state index in [0.717, 1.165) is 22.6 Å². The third-order valence-electron chi connectivity index (χ3n) is 3.40. The fourth-order valence-corrected chi connectivity index (χ4v) is 2.19. The predicted octanol–water partition coefficient (Wildman–Crippen LogP) is 2.98. The van der Waals surface area contributed by atoms with Gasteiger partial charge in [-0.1, -0.05) is 20.8 Å². The van der Waals surface area contributed by atoms with Gasteiger partial charge in [0.1, 0.15) is 0 Å². The summed E-state index contributed by atoms with van der Waals surface area (Å²) < 4.78 is 1.69. The van der Waals surface area contributed by atoms with Crippen LogP contribution in [0.5, 0.6) is 0 Å². The van der Waals surface area contributed by atoms with Gasteiger partial charge in [0, 0.05) is 35.3 Å². The third-order valence-corrected chi connectivity index (χ3v) is 3.40. The van der Waals surface area contributed by atoms with E-state index in [9.17, 15) is 4.79 Å². The summed E-state index contributed by atoms with van der Waals surface area (Å²) in [5.74, 6) is 0.567. The van der Waals surface area contributed by atoms with E-state index in [1.165, 1.54) is 6.92 Å². The van der Waals surface area contributed by atoms with Gasteiger partial charge in [0.2, 0.25) is 5.91 Å². The molecule has 0 unspecified atom stereocenters. The van der Waals surface area contributed by atoms with Crippen LogP contribution in [0.3, 0.4) is 0 Å². The maximum atomic E-state index is 11.0. The van der Waals surface area contributed by atoms with Crippen LogP contribution >= 0.6 is 0 Å². The van der Waals surface area contributed by atoms with Crippen molar-refractivity contribution in [2.24, 2.45) is 0 Å². The number of benzene rings is 1. The number of carbonyl (C=O) groups excluding carboxylic acids is 1. The average Bonchev–Trinajstić information content (AvgIpc) is 2.96. The first-order chi connectivity index (χ1) is 10.3. The summed E-state index contributed by atoms with van der Waals surface area (Å²) in [7, 11) is 0. The van der Waals surface area contributed by atoms with Crippen LogP contribution in [0.4, 0.5) is 5.69 Å². The van der Waals surface area contributed by atoms with Gasteiger partial charge in [-0.2, -0.15) is 4.63 Å². The number of aromatic amines is 1. The van der Waals surface area contributed by atoms with Crippen molar-refractivity contribution in [3.05, 3.63) is 36.0 Å². The average molecular weight is 297 g/mol. The van der Waals surface area contributed by atoms with Gasteiger partial charge in [0.25, 0.3) is 0 Å². The maximum absolute atomic E-state index is 11.0. The van der Waals surface area contributed by atoms with Crippen LogP contribution < -0.4 is 5.32 Å². The minimum absolute atomic E-state index is 0.0303. The number of fused-ring (bicyclic) bond motifs is 1. The number of hydrogen-bond donors (Lipinski definition) is 2. The second-order valence-electron chi connectivity index (χ2n) is 6.38. The lowest BCUT2D eigenvalue weighted by Crippen LogP contribution is -2.12. The fraction of sp³-hybridized carbons (Fsp3) is 0.312. The van der Waals surface area contributed by atoms with E-state index in [4.69, 9.17) is 0 Å². The lowest BCUT2D eigenvalue weighted by molar-refractivity contribution is -0.114. The second kappa shape index (κ2) is 4.98. The quantitative estimate of drug-likeness (QED) is 0.763. The number of rotatable bonds is 2. The Hall–Kier alpha value is -2.63. The number of nitrogens with zero attached hydrogens (tertiary/aromatic N) is 3. The minimum atomic E-state index is -0.0871. The Morgan fingerprint density at radius 2 is 1.91 bits per heavy atom. The topological polar surface area (TPSA) is 75.1 Å². The molecule has 0 saturated heterocycles. The number of amides is 1. The lowest BCUT2D eigenvalue weighted by Gasteiger charge is -2.14. The van der Waals surface area contributed by atoms with Gasteiger partial charge in [0.05, 0.1) is 0 Å². The molecule has 0 bridgehead atoms. The summed E-state index contributed by atoms with van der Waals surface area (Å²) in [5, 5.41) is 10.5. The molecule has 0 aliphatic heterocycles. The third kappa shape index (κ3) is 2.72. The zero-order chi connectivity index (χ0) is 15.9. The summed E-state index contributed by atoms with van der Waals surface area (Å²) in [6.07, 6.45) is 0. The summed E-state index contributed by atoms with van der Waals surface area (Å²) in [6.45, 7) is 7.90. The first-order valence-electron chi connectivity index (χ1n) is 7.17.